The van der Waals surface area contributed by atoms with Crippen LogP contribution in [0.3, 0.4) is 0 Å². The summed E-state index contributed by atoms with van der Waals surface area (Å²) in [7, 11) is 0. The Balaban J connectivity index is 0. The third kappa shape index (κ3) is 90.7. The fourth-order valence-electron chi connectivity index (χ4n) is 0. The van der Waals surface area contributed by atoms with E-state index in [1.807, 2.05) is 0 Å². The van der Waals surface area contributed by atoms with Crippen LogP contribution in [-0.4, -0.2) is 37.7 Å². The van der Waals surface area contributed by atoms with Crippen LogP contribution >= 0.6 is 0 Å². The predicted molar refractivity (Wildman–Crippen MR) is 5.75 cm³/mol. The SMILES string of the molecule is [Ca+2].[F-].[F-].[F-].[F-].[F-]. The topological polar surface area (TPSA) is 0 Å². The maximum absolute atomic E-state index is 0. The second kappa shape index (κ2) is 172. The molecule has 0 rings (SSSR count). The second-order valence-corrected chi connectivity index (χ2v) is 0. The van der Waals surface area contributed by atoms with Gasteiger partial charge in [0.1, 0.15) is 0 Å². The first-order valence-electron chi connectivity index (χ1n) is 0. The summed E-state index contributed by atoms with van der Waals surface area (Å²) in [5, 5.41) is 0. The van der Waals surface area contributed by atoms with E-state index in [1.54, 1.807) is 0 Å². The summed E-state index contributed by atoms with van der Waals surface area (Å²) >= 11 is 0. The monoisotopic (exact) mass is 135 g/mol. The van der Waals surface area contributed by atoms with Gasteiger partial charge in [0.2, 0.25) is 0 Å². The van der Waals surface area contributed by atoms with Crippen LogP contribution in [-0.2, 0) is 0 Å². The Morgan fingerprint density at radius 1 is 0.333 bits per heavy atom. The molecule has 0 N–H and O–H groups in total. The van der Waals surface area contributed by atoms with Crippen LogP contribution in [0.4, 0.5) is 0 Å². The number of halogens is 5. The first kappa shape index (κ1) is 292. The molecule has 0 saturated heterocycles. The van der Waals surface area contributed by atoms with Crippen molar-refractivity contribution in [3.63, 3.8) is 0 Å². The van der Waals surface area contributed by atoms with Gasteiger partial charge in [-0.2, -0.15) is 0 Å². The summed E-state index contributed by atoms with van der Waals surface area (Å²) in [5.41, 5.74) is 0. The van der Waals surface area contributed by atoms with Gasteiger partial charge in [-0.1, -0.05) is 0 Å². The summed E-state index contributed by atoms with van der Waals surface area (Å²) in [6.45, 7) is 0. The van der Waals surface area contributed by atoms with Crippen LogP contribution < -0.4 is 23.5 Å². The van der Waals surface area contributed by atoms with Crippen molar-refractivity contribution in [1.82, 2.24) is 0 Å². The molecular weight excluding hydrogens is 135 g/mol. The summed E-state index contributed by atoms with van der Waals surface area (Å²) in [6.07, 6.45) is 0. The van der Waals surface area contributed by atoms with E-state index in [0.29, 0.717) is 0 Å². The van der Waals surface area contributed by atoms with Gasteiger partial charge in [-0.05, 0) is 0 Å². The molecule has 0 heterocycles. The molecule has 0 amide bonds. The Bertz CT molecular complexity index is 3.90. The van der Waals surface area contributed by atoms with Gasteiger partial charge >= 0.3 is 37.7 Å². The van der Waals surface area contributed by atoms with Gasteiger partial charge in [0.25, 0.3) is 0 Å². The van der Waals surface area contributed by atoms with E-state index in [4.69, 9.17) is 0 Å². The Labute approximate surface area is 61.1 Å². The fourth-order valence-corrected chi connectivity index (χ4v) is 0. The predicted octanol–water partition coefficient (Wildman–Crippen LogP) is -15.4. The van der Waals surface area contributed by atoms with Crippen molar-refractivity contribution in [3.8, 4) is 0 Å². The zero-order valence-corrected chi connectivity index (χ0v) is 4.81. The molecule has 0 aromatic carbocycles. The summed E-state index contributed by atoms with van der Waals surface area (Å²) in [5.74, 6) is 0. The van der Waals surface area contributed by atoms with E-state index in [2.05, 4.69) is 0 Å². The molecule has 0 nitrogen and oxygen atoms in total. The van der Waals surface area contributed by atoms with E-state index in [1.165, 1.54) is 0 Å². The van der Waals surface area contributed by atoms with Crippen molar-refractivity contribution in [2.24, 2.45) is 0 Å². The number of hydrogen-bond donors (Lipinski definition) is 0. The van der Waals surface area contributed by atoms with E-state index in [-0.39, 0.29) is 61.3 Å². The van der Waals surface area contributed by atoms with Gasteiger partial charge in [0.15, 0.2) is 0 Å². The molecule has 0 bridgehead atoms. The first-order valence-corrected chi connectivity index (χ1v) is 0. The quantitative estimate of drug-likeness (QED) is 0.228. The number of rotatable bonds is 0. The summed E-state index contributed by atoms with van der Waals surface area (Å²) in [6, 6.07) is 0. The average Bonchev–Trinajstić information content (AvgIpc) is 0. The maximum atomic E-state index is 0. The van der Waals surface area contributed by atoms with Crippen molar-refractivity contribution >= 4 is 37.7 Å². The Morgan fingerprint density at radius 2 is 0.333 bits per heavy atom. The van der Waals surface area contributed by atoms with Crippen LogP contribution in [0.25, 0.3) is 0 Å². The van der Waals surface area contributed by atoms with Gasteiger partial charge < -0.3 is 23.5 Å². The molecule has 0 unspecified atom stereocenters. The van der Waals surface area contributed by atoms with Gasteiger partial charge in [-0.15, -0.1) is 0 Å². The van der Waals surface area contributed by atoms with Crippen molar-refractivity contribution in [2.75, 3.05) is 0 Å². The van der Waals surface area contributed by atoms with E-state index in [9.17, 15) is 0 Å². The summed E-state index contributed by atoms with van der Waals surface area (Å²) in [4.78, 5) is 0. The van der Waals surface area contributed by atoms with E-state index in [0.717, 1.165) is 0 Å². The van der Waals surface area contributed by atoms with Gasteiger partial charge in [-0.3, -0.25) is 0 Å². The van der Waals surface area contributed by atoms with Crippen molar-refractivity contribution in [2.45, 2.75) is 0 Å². The third-order valence-corrected chi connectivity index (χ3v) is 0. The molecule has 6 heteroatoms. The molecule has 40 valence electrons. The largest absolute Gasteiger partial charge is 2.00 e. The molecule has 0 spiro atoms. The zero-order chi connectivity index (χ0) is 0. The minimum Gasteiger partial charge on any atom is -1.00 e. The third-order valence-electron chi connectivity index (χ3n) is 0. The molecule has 0 radical (unpaired) electrons. The second-order valence-electron chi connectivity index (χ2n) is 0. The number of hydrogen-bond acceptors (Lipinski definition) is 0. The standard InChI is InChI=1S/Ca.5FH/h;5*1H/q+2;;;;;/p-5. The summed E-state index contributed by atoms with van der Waals surface area (Å²) < 4.78 is 0. The molecule has 0 saturated carbocycles. The Morgan fingerprint density at radius 3 is 0.333 bits per heavy atom. The minimum absolute atomic E-state index is 0. The first-order chi connectivity index (χ1) is 0. The van der Waals surface area contributed by atoms with Gasteiger partial charge in [0, 0.05) is 0 Å². The molecule has 0 aliphatic rings. The Kier molecular flexibility index (Phi) is 8360. The van der Waals surface area contributed by atoms with Crippen LogP contribution in [0.1, 0.15) is 0 Å². The van der Waals surface area contributed by atoms with E-state index < -0.39 is 0 Å². The van der Waals surface area contributed by atoms with Gasteiger partial charge in [0.05, 0.1) is 0 Å². The molecule has 0 aromatic heterocycles. The fraction of sp³-hybridized carbons (Fsp3) is 0. The van der Waals surface area contributed by atoms with Crippen LogP contribution in [0.2, 0.25) is 0 Å². The van der Waals surface area contributed by atoms with Gasteiger partial charge in [-0.25, -0.2) is 0 Å². The van der Waals surface area contributed by atoms with Crippen molar-refractivity contribution in [1.29, 1.82) is 0 Å². The maximum Gasteiger partial charge on any atom is 2.00 e. The van der Waals surface area contributed by atoms with Crippen LogP contribution in [0, 0.1) is 0 Å². The molecule has 0 aliphatic carbocycles. The molecule has 0 aliphatic heterocycles. The van der Waals surface area contributed by atoms with Crippen LogP contribution in [0.5, 0.6) is 0 Å². The molecule has 0 fully saturated rings. The molecule has 6 heavy (non-hydrogen) atoms. The Hall–Kier alpha value is 0.910. The van der Waals surface area contributed by atoms with E-state index >= 15 is 0 Å². The van der Waals surface area contributed by atoms with Crippen molar-refractivity contribution < 1.29 is 23.5 Å². The molecule has 0 atom stereocenters. The van der Waals surface area contributed by atoms with Crippen molar-refractivity contribution in [3.05, 3.63) is 0 Å². The van der Waals surface area contributed by atoms with Crippen LogP contribution in [0.15, 0.2) is 0 Å². The zero-order valence-electron chi connectivity index (χ0n) is 2.60. The average molecular weight is 135 g/mol. The normalized spacial score (nSPS) is 0. The smallest absolute Gasteiger partial charge is 1.00 e. The minimum atomic E-state index is 0. The molecule has 0 aromatic rings. The molecular formula is CaF5-3.